The first-order chi connectivity index (χ1) is 25.8. The van der Waals surface area contributed by atoms with Crippen molar-refractivity contribution in [2.75, 3.05) is 4.90 Å². The molecule has 0 bridgehead atoms. The van der Waals surface area contributed by atoms with Crippen LogP contribution in [0, 0.1) is 0 Å². The molecule has 10 rings (SSSR count). The number of anilines is 3. The minimum Gasteiger partial charge on any atom is -0.455 e. The van der Waals surface area contributed by atoms with Gasteiger partial charge in [0, 0.05) is 27.7 Å². The molecule has 0 N–H and O–H groups in total. The highest BCUT2D eigenvalue weighted by Gasteiger charge is 2.24. The zero-order chi connectivity index (χ0) is 34.4. The third kappa shape index (κ3) is 4.96. The van der Waals surface area contributed by atoms with Crippen LogP contribution < -0.4 is 4.90 Å². The van der Waals surface area contributed by atoms with Gasteiger partial charge in [-0.1, -0.05) is 164 Å². The smallest absolute Gasteiger partial charge is 0.145 e. The number of fused-ring (bicyclic) bond motifs is 8. The quantitative estimate of drug-likeness (QED) is 0.165. The summed E-state index contributed by atoms with van der Waals surface area (Å²) in [6.07, 6.45) is 0. The highest BCUT2D eigenvalue weighted by Crippen LogP contribution is 2.49. The normalized spacial score (nSPS) is 11.5. The van der Waals surface area contributed by atoms with E-state index in [9.17, 15) is 0 Å². The first kappa shape index (κ1) is 30.0. The Hall–Kier alpha value is -6.90. The van der Waals surface area contributed by atoms with Gasteiger partial charge in [-0.3, -0.25) is 0 Å². The van der Waals surface area contributed by atoms with Crippen LogP contribution >= 0.6 is 0 Å². The number of benzene rings is 9. The summed E-state index contributed by atoms with van der Waals surface area (Å²) < 4.78 is 7.11. The number of para-hydroxylation sites is 1. The molecule has 0 radical (unpaired) electrons. The molecule has 52 heavy (non-hydrogen) atoms. The third-order valence-electron chi connectivity index (χ3n) is 10.3. The lowest BCUT2D eigenvalue weighted by molar-refractivity contribution is 0.674. The van der Waals surface area contributed by atoms with E-state index >= 15 is 0 Å². The SMILES string of the molecule is c1ccc(-c2ccc(-c3ccc(N(c4ccccc4)c4ccc(-c5ccccc5)c5oc6c7ccccc7c7ccccc7c6c45)cc3)cc2)cc1. The molecule has 0 unspecified atom stereocenters. The molecule has 1 aromatic heterocycles. The molecule has 1 heterocycles. The molecule has 0 saturated heterocycles. The molecule has 0 aliphatic carbocycles. The maximum atomic E-state index is 7.11. The Balaban J connectivity index is 1.21. The minimum atomic E-state index is 0.885. The molecule has 244 valence electrons. The van der Waals surface area contributed by atoms with E-state index in [-0.39, 0.29) is 0 Å². The molecule has 0 atom stereocenters. The molecule has 0 spiro atoms. The van der Waals surface area contributed by atoms with Crippen molar-refractivity contribution in [1.29, 1.82) is 0 Å². The fourth-order valence-electron chi connectivity index (χ4n) is 7.81. The summed E-state index contributed by atoms with van der Waals surface area (Å²) in [6.45, 7) is 0. The Morgan fingerprint density at radius 2 is 0.731 bits per heavy atom. The molecule has 2 nitrogen and oxygen atoms in total. The van der Waals surface area contributed by atoms with E-state index in [4.69, 9.17) is 4.42 Å². The number of furan rings is 1. The van der Waals surface area contributed by atoms with Crippen LogP contribution in [-0.2, 0) is 0 Å². The molecule has 0 aliphatic heterocycles. The van der Waals surface area contributed by atoms with Gasteiger partial charge in [0.15, 0.2) is 0 Å². The summed E-state index contributed by atoms with van der Waals surface area (Å²) >= 11 is 0. The molecule has 9 aromatic carbocycles. The van der Waals surface area contributed by atoms with Crippen LogP contribution in [0.15, 0.2) is 205 Å². The van der Waals surface area contributed by atoms with Crippen molar-refractivity contribution in [3.8, 4) is 33.4 Å². The van der Waals surface area contributed by atoms with Gasteiger partial charge in [0.25, 0.3) is 0 Å². The van der Waals surface area contributed by atoms with Crippen LogP contribution in [0.25, 0.3) is 76.9 Å². The van der Waals surface area contributed by atoms with E-state index < -0.39 is 0 Å². The fraction of sp³-hybridized carbons (Fsp3) is 0. The second kappa shape index (κ2) is 12.5. The predicted molar refractivity (Wildman–Crippen MR) is 220 cm³/mol. The number of hydrogen-bond acceptors (Lipinski definition) is 2. The highest BCUT2D eigenvalue weighted by atomic mass is 16.3. The van der Waals surface area contributed by atoms with Gasteiger partial charge in [0.1, 0.15) is 11.2 Å². The summed E-state index contributed by atoms with van der Waals surface area (Å²) in [5, 5.41) is 6.95. The fourth-order valence-corrected chi connectivity index (χ4v) is 7.81. The van der Waals surface area contributed by atoms with E-state index in [0.717, 1.165) is 55.5 Å². The second-order valence-electron chi connectivity index (χ2n) is 13.3. The van der Waals surface area contributed by atoms with Crippen LogP contribution in [0.1, 0.15) is 0 Å². The Morgan fingerprint density at radius 3 is 1.35 bits per heavy atom. The third-order valence-corrected chi connectivity index (χ3v) is 10.3. The van der Waals surface area contributed by atoms with Gasteiger partial charge in [-0.15, -0.1) is 0 Å². The standard InChI is InChI=1S/C50H33NO/c1-4-14-34(15-5-1)35-24-26-36(27-25-35)37-28-30-40(31-29-37)51(39-18-8-3-9-19-39)46-33-32-41(38-16-6-2-7-17-38)49-48(46)47-44-22-12-10-20-42(44)43-21-11-13-23-45(43)50(47)52-49/h1-33H. The largest absolute Gasteiger partial charge is 0.455 e. The van der Waals surface area contributed by atoms with Crippen molar-refractivity contribution in [3.63, 3.8) is 0 Å². The molecule has 2 heteroatoms. The first-order valence-electron chi connectivity index (χ1n) is 17.8. The van der Waals surface area contributed by atoms with Crippen molar-refractivity contribution in [1.82, 2.24) is 0 Å². The van der Waals surface area contributed by atoms with Crippen molar-refractivity contribution in [3.05, 3.63) is 200 Å². The summed E-state index contributed by atoms with van der Waals surface area (Å²) in [7, 11) is 0. The molecular formula is C50H33NO. The molecule has 0 fully saturated rings. The van der Waals surface area contributed by atoms with Gasteiger partial charge in [-0.05, 0) is 80.4 Å². The van der Waals surface area contributed by atoms with Crippen molar-refractivity contribution >= 4 is 60.5 Å². The van der Waals surface area contributed by atoms with Gasteiger partial charge in [-0.2, -0.15) is 0 Å². The van der Waals surface area contributed by atoms with Gasteiger partial charge in [0.2, 0.25) is 0 Å². The Labute approximate surface area is 302 Å². The zero-order valence-electron chi connectivity index (χ0n) is 28.4. The molecule has 0 aliphatic rings. The van der Waals surface area contributed by atoms with Crippen LogP contribution in [-0.4, -0.2) is 0 Å². The van der Waals surface area contributed by atoms with Gasteiger partial charge >= 0.3 is 0 Å². The van der Waals surface area contributed by atoms with Crippen LogP contribution in [0.5, 0.6) is 0 Å². The molecular weight excluding hydrogens is 631 g/mol. The Bertz CT molecular complexity index is 2860. The van der Waals surface area contributed by atoms with Crippen molar-refractivity contribution in [2.24, 2.45) is 0 Å². The number of nitrogens with zero attached hydrogens (tertiary/aromatic N) is 1. The van der Waals surface area contributed by atoms with E-state index in [0.29, 0.717) is 0 Å². The highest BCUT2D eigenvalue weighted by molar-refractivity contribution is 6.33. The summed E-state index contributed by atoms with van der Waals surface area (Å²) in [6, 6.07) is 71.4. The monoisotopic (exact) mass is 663 g/mol. The van der Waals surface area contributed by atoms with Crippen molar-refractivity contribution < 1.29 is 4.42 Å². The summed E-state index contributed by atoms with van der Waals surface area (Å²) in [5.74, 6) is 0. The lowest BCUT2D eigenvalue weighted by Crippen LogP contribution is -2.10. The van der Waals surface area contributed by atoms with E-state index in [2.05, 4.69) is 205 Å². The summed E-state index contributed by atoms with van der Waals surface area (Å²) in [5.41, 5.74) is 12.0. The van der Waals surface area contributed by atoms with Crippen LogP contribution in [0.2, 0.25) is 0 Å². The zero-order valence-corrected chi connectivity index (χ0v) is 28.4. The van der Waals surface area contributed by atoms with Crippen LogP contribution in [0.4, 0.5) is 17.1 Å². The molecule has 10 aromatic rings. The van der Waals surface area contributed by atoms with Crippen LogP contribution in [0.3, 0.4) is 0 Å². The Morgan fingerprint density at radius 1 is 0.288 bits per heavy atom. The lowest BCUT2D eigenvalue weighted by atomic mass is 9.94. The number of hydrogen-bond donors (Lipinski definition) is 0. The molecule has 0 saturated carbocycles. The van der Waals surface area contributed by atoms with Gasteiger partial charge < -0.3 is 9.32 Å². The predicted octanol–water partition coefficient (Wildman–Crippen LogP) is 14.4. The average Bonchev–Trinajstić information content (AvgIpc) is 3.64. The van der Waals surface area contributed by atoms with Crippen molar-refractivity contribution in [2.45, 2.75) is 0 Å². The second-order valence-corrected chi connectivity index (χ2v) is 13.3. The Kier molecular flexibility index (Phi) is 7.18. The van der Waals surface area contributed by atoms with Gasteiger partial charge in [0.05, 0.1) is 11.1 Å². The summed E-state index contributed by atoms with van der Waals surface area (Å²) in [4.78, 5) is 2.37. The maximum absolute atomic E-state index is 7.11. The first-order valence-corrected chi connectivity index (χ1v) is 17.8. The lowest BCUT2D eigenvalue weighted by Gasteiger charge is -2.27. The topological polar surface area (TPSA) is 16.4 Å². The minimum absolute atomic E-state index is 0.885. The molecule has 0 amide bonds. The number of rotatable bonds is 6. The average molecular weight is 664 g/mol. The van der Waals surface area contributed by atoms with E-state index in [1.807, 2.05) is 0 Å². The van der Waals surface area contributed by atoms with Gasteiger partial charge in [-0.25, -0.2) is 0 Å². The maximum Gasteiger partial charge on any atom is 0.145 e. The van der Waals surface area contributed by atoms with E-state index in [1.54, 1.807) is 0 Å². The van der Waals surface area contributed by atoms with E-state index in [1.165, 1.54) is 38.4 Å².